The highest BCUT2D eigenvalue weighted by Gasteiger charge is 2.25. The Kier molecular flexibility index (Phi) is 24.2. The third-order valence-electron chi connectivity index (χ3n) is 10.6. The van der Waals surface area contributed by atoms with Crippen LogP contribution in [0.1, 0.15) is 85.4 Å². The van der Waals surface area contributed by atoms with Crippen LogP contribution in [0, 0.1) is 11.8 Å². The predicted octanol–water partition coefficient (Wildman–Crippen LogP) is 7.58. The summed E-state index contributed by atoms with van der Waals surface area (Å²) in [6.45, 7) is 2.47. The molecule has 0 aliphatic carbocycles. The van der Waals surface area contributed by atoms with E-state index in [0.717, 1.165) is 102 Å². The molecule has 14 heteroatoms. The molecule has 14 nitrogen and oxygen atoms in total. The van der Waals surface area contributed by atoms with Gasteiger partial charge in [0.15, 0.2) is 0 Å². The lowest BCUT2D eigenvalue weighted by Gasteiger charge is -2.16. The Balaban J connectivity index is 0.000000384. The molecule has 7 N–H and O–H groups in total. The van der Waals surface area contributed by atoms with Crippen molar-refractivity contribution in [3.63, 3.8) is 0 Å². The summed E-state index contributed by atoms with van der Waals surface area (Å²) in [7, 11) is 5.20. The number of ether oxygens (including phenoxy) is 1. The normalized spacial score (nSPS) is 13.0. The Bertz CT molecular complexity index is 2350. The van der Waals surface area contributed by atoms with E-state index in [2.05, 4.69) is 101 Å². The fourth-order valence-electron chi connectivity index (χ4n) is 6.93. The zero-order valence-electron chi connectivity index (χ0n) is 38.9. The van der Waals surface area contributed by atoms with Gasteiger partial charge in [-0.25, -0.2) is 14.8 Å². The fourth-order valence-corrected chi connectivity index (χ4v) is 6.93. The molecule has 352 valence electrons. The first-order valence-corrected chi connectivity index (χ1v) is 22.7. The Hall–Kier alpha value is -7.18. The number of aromatic amines is 2. The van der Waals surface area contributed by atoms with Crippen molar-refractivity contribution in [2.24, 2.45) is 5.73 Å². The maximum Gasteiger partial charge on any atom is 0.407 e. The summed E-state index contributed by atoms with van der Waals surface area (Å²) in [5.41, 5.74) is 12.3. The lowest BCUT2D eigenvalue weighted by molar-refractivity contribution is -0.123. The van der Waals surface area contributed by atoms with Crippen LogP contribution >= 0.6 is 0 Å². The van der Waals surface area contributed by atoms with Gasteiger partial charge in [0, 0.05) is 30.5 Å². The number of carbonyl (C=O) groups is 4. The highest BCUT2D eigenvalue weighted by molar-refractivity contribution is 5.83. The summed E-state index contributed by atoms with van der Waals surface area (Å²) in [6, 6.07) is 38.3. The molecule has 3 heterocycles. The van der Waals surface area contributed by atoms with Gasteiger partial charge in [0.05, 0.1) is 43.5 Å². The molecule has 0 radical (unpaired) electrons. The zero-order valence-corrected chi connectivity index (χ0v) is 38.9. The number of likely N-dealkylation sites (N-methyl/N-ethyl adjacent to an activating group) is 1. The van der Waals surface area contributed by atoms with Gasteiger partial charge in [-0.3, -0.25) is 9.69 Å². The summed E-state index contributed by atoms with van der Waals surface area (Å²) in [5.74, 6) is 8.56. The Morgan fingerprint density at radius 1 is 0.791 bits per heavy atom. The number of aldehydes is 2. The van der Waals surface area contributed by atoms with Gasteiger partial charge in [0.2, 0.25) is 5.91 Å². The van der Waals surface area contributed by atoms with Crippen LogP contribution in [0.4, 0.5) is 4.79 Å². The molecule has 1 aliphatic heterocycles. The number of likely N-dealkylation sites (tertiary alicyclic amines) is 1. The zero-order chi connectivity index (χ0) is 47.9. The van der Waals surface area contributed by atoms with Gasteiger partial charge in [-0.2, -0.15) is 0 Å². The number of amides is 2. The van der Waals surface area contributed by atoms with Crippen LogP contribution in [0.25, 0.3) is 22.5 Å². The van der Waals surface area contributed by atoms with Crippen molar-refractivity contribution in [1.82, 2.24) is 40.8 Å². The van der Waals surface area contributed by atoms with Crippen molar-refractivity contribution >= 4 is 24.6 Å². The number of aryl methyl sites for hydroxylation is 1. The lowest BCUT2D eigenvalue weighted by atomic mass is 10.1. The third-order valence-corrected chi connectivity index (χ3v) is 10.6. The summed E-state index contributed by atoms with van der Waals surface area (Å²) in [6.07, 6.45) is 12.3. The SMILES string of the molecule is CNC(C(=O)NCCCCc1ncc(-c2ccc(C#Cc3ccc(-c4cnc(C5CCCN5C)[nH]4)cc3)cc2)[nH]1)c1ccccc1.COC(=O)NCC=O.NCCCCC=O.c1ccccc1. The Labute approximate surface area is 394 Å². The maximum absolute atomic E-state index is 12.6. The second-order valence-corrected chi connectivity index (χ2v) is 15.5. The number of aromatic nitrogens is 4. The van der Waals surface area contributed by atoms with E-state index in [1.54, 1.807) is 7.05 Å². The predicted molar refractivity (Wildman–Crippen MR) is 265 cm³/mol. The van der Waals surface area contributed by atoms with Gasteiger partial charge in [-0.1, -0.05) is 103 Å². The standard InChI is InChI=1S/C38H41N7O.C6H6.C5H11NO.C4H7NO3/c1-39-36(31-9-4-3-5-10-31)38(46)40-23-7-6-12-35-41-25-32(43-35)29-19-15-27(16-20-29)13-14-28-17-21-30(22-18-28)33-26-42-37(44-33)34-11-8-24-45(34)2;1-2-4-6-5-3-1;6-4-2-1-3-5-7;1-8-4(7)5-2-3-6/h3-5,9-10,15-22,25-26,34,36,39H,6-8,11-12,23-24H2,1-2H3,(H,40,46)(H,41,43)(H,42,44);1-6H;5H,1-4,6H2;3H,2H2,1H3,(H,5,7). The molecule has 4 aromatic carbocycles. The average Bonchev–Trinajstić information content (AvgIpc) is 4.17. The Morgan fingerprint density at radius 2 is 1.39 bits per heavy atom. The van der Waals surface area contributed by atoms with Crippen LogP contribution in [0.2, 0.25) is 0 Å². The van der Waals surface area contributed by atoms with E-state index in [0.29, 0.717) is 31.8 Å². The van der Waals surface area contributed by atoms with E-state index in [-0.39, 0.29) is 18.5 Å². The van der Waals surface area contributed by atoms with Gasteiger partial charge in [-0.15, -0.1) is 0 Å². The average molecular weight is 908 g/mol. The number of carbonyl (C=O) groups excluding carboxylic acids is 4. The van der Waals surface area contributed by atoms with Gasteiger partial charge < -0.3 is 46.0 Å². The highest BCUT2D eigenvalue weighted by atomic mass is 16.5. The minimum atomic E-state index is -0.586. The van der Waals surface area contributed by atoms with Crippen LogP contribution in [-0.4, -0.2) is 96.8 Å². The minimum absolute atomic E-state index is 0.00662. The van der Waals surface area contributed by atoms with Crippen LogP contribution in [0.3, 0.4) is 0 Å². The number of alkyl carbamates (subject to hydrolysis) is 1. The molecule has 6 aromatic rings. The van der Waals surface area contributed by atoms with E-state index in [1.807, 2.05) is 91.3 Å². The molecule has 2 unspecified atom stereocenters. The number of nitrogens with zero attached hydrogens (tertiary/aromatic N) is 3. The van der Waals surface area contributed by atoms with Gasteiger partial charge in [0.25, 0.3) is 0 Å². The molecular formula is C53H65N9O5. The number of nitrogens with two attached hydrogens (primary N) is 1. The molecule has 0 bridgehead atoms. The van der Waals surface area contributed by atoms with Crippen molar-refractivity contribution in [2.45, 2.75) is 63.5 Å². The lowest BCUT2D eigenvalue weighted by Crippen LogP contribution is -2.36. The maximum atomic E-state index is 12.6. The molecule has 0 spiro atoms. The largest absolute Gasteiger partial charge is 0.453 e. The molecule has 67 heavy (non-hydrogen) atoms. The molecule has 2 aromatic heterocycles. The number of rotatable bonds is 17. The van der Waals surface area contributed by atoms with E-state index in [1.165, 1.54) is 13.5 Å². The minimum Gasteiger partial charge on any atom is -0.453 e. The number of H-pyrrole nitrogens is 2. The molecule has 7 rings (SSSR count). The molecule has 1 fully saturated rings. The van der Waals surface area contributed by atoms with Crippen molar-refractivity contribution < 1.29 is 23.9 Å². The number of hydrogen-bond donors (Lipinski definition) is 6. The number of unbranched alkanes of at least 4 members (excludes halogenated alkanes) is 3. The molecule has 2 amide bonds. The number of hydrogen-bond acceptors (Lipinski definition) is 10. The van der Waals surface area contributed by atoms with Crippen molar-refractivity contribution in [1.29, 1.82) is 0 Å². The summed E-state index contributed by atoms with van der Waals surface area (Å²) in [4.78, 5) is 60.4. The summed E-state index contributed by atoms with van der Waals surface area (Å²) in [5, 5.41) is 8.30. The topological polar surface area (TPSA) is 200 Å². The fraction of sp³-hybridized carbons (Fsp3) is 0.321. The van der Waals surface area contributed by atoms with Crippen LogP contribution < -0.4 is 21.7 Å². The molecule has 0 saturated carbocycles. The smallest absolute Gasteiger partial charge is 0.407 e. The third kappa shape index (κ3) is 19.1. The number of benzene rings is 4. The first-order valence-electron chi connectivity index (χ1n) is 22.7. The monoisotopic (exact) mass is 908 g/mol. The number of imidazole rings is 2. The van der Waals surface area contributed by atoms with Crippen molar-refractivity contribution in [2.75, 3.05) is 47.4 Å². The molecule has 1 saturated heterocycles. The van der Waals surface area contributed by atoms with E-state index in [9.17, 15) is 19.2 Å². The summed E-state index contributed by atoms with van der Waals surface area (Å²) >= 11 is 0. The second kappa shape index (κ2) is 30.9. The molecule has 1 aliphatic rings. The van der Waals surface area contributed by atoms with Gasteiger partial charge in [0.1, 0.15) is 30.3 Å². The Morgan fingerprint density at radius 3 is 1.93 bits per heavy atom. The first-order chi connectivity index (χ1) is 32.8. The van der Waals surface area contributed by atoms with Crippen LogP contribution in [0.5, 0.6) is 0 Å². The highest BCUT2D eigenvalue weighted by Crippen LogP contribution is 2.30. The van der Waals surface area contributed by atoms with E-state index in [4.69, 9.17) is 5.73 Å². The number of methoxy groups -OCH3 is 1. The van der Waals surface area contributed by atoms with Crippen LogP contribution in [-0.2, 0) is 25.5 Å². The number of nitrogens with one attached hydrogen (secondary N) is 5. The van der Waals surface area contributed by atoms with Crippen molar-refractivity contribution in [3.8, 4) is 34.4 Å². The van der Waals surface area contributed by atoms with Gasteiger partial charge >= 0.3 is 6.09 Å². The second-order valence-electron chi connectivity index (χ2n) is 15.5. The van der Waals surface area contributed by atoms with E-state index >= 15 is 0 Å². The molecule has 2 atom stereocenters. The van der Waals surface area contributed by atoms with Crippen molar-refractivity contribution in [3.05, 3.63) is 156 Å². The van der Waals surface area contributed by atoms with Gasteiger partial charge in [-0.05, 0) is 107 Å². The van der Waals surface area contributed by atoms with Crippen LogP contribution in [0.15, 0.2) is 128 Å². The van der Waals surface area contributed by atoms with E-state index < -0.39 is 6.09 Å². The first kappa shape index (κ1) is 52.4. The molecular weight excluding hydrogens is 843 g/mol. The summed E-state index contributed by atoms with van der Waals surface area (Å²) < 4.78 is 4.14. The quantitative estimate of drug-likeness (QED) is 0.0301.